The minimum absolute atomic E-state index is 0.116. The van der Waals surface area contributed by atoms with Crippen LogP contribution in [-0.2, 0) is 9.53 Å². The van der Waals surface area contributed by atoms with Gasteiger partial charge in [0.15, 0.2) is 0 Å². The number of morpholine rings is 1. The molecule has 0 aromatic rings. The molecule has 1 heterocycles. The molecule has 1 aliphatic carbocycles. The first-order chi connectivity index (χ1) is 10.1. The lowest BCUT2D eigenvalue weighted by molar-refractivity contribution is -0.127. The molecule has 1 unspecified atom stereocenters. The van der Waals surface area contributed by atoms with E-state index in [-0.39, 0.29) is 17.9 Å². The van der Waals surface area contributed by atoms with Crippen molar-refractivity contribution in [3.05, 3.63) is 0 Å². The highest BCUT2D eigenvalue weighted by atomic mass is 16.5. The smallest absolute Gasteiger partial charge is 0.223 e. The third kappa shape index (κ3) is 4.94. The molecule has 122 valence electrons. The van der Waals surface area contributed by atoms with Gasteiger partial charge in [-0.25, -0.2) is 0 Å². The maximum Gasteiger partial charge on any atom is 0.223 e. The van der Waals surface area contributed by atoms with Crippen molar-refractivity contribution in [3.63, 3.8) is 0 Å². The molecule has 2 aliphatic rings. The van der Waals surface area contributed by atoms with Crippen LogP contribution in [-0.4, -0.2) is 56.2 Å². The molecule has 5 heteroatoms. The van der Waals surface area contributed by atoms with Crippen molar-refractivity contribution in [2.24, 2.45) is 23.5 Å². The van der Waals surface area contributed by atoms with E-state index < -0.39 is 0 Å². The zero-order valence-corrected chi connectivity index (χ0v) is 13.5. The Morgan fingerprint density at radius 3 is 2.95 bits per heavy atom. The average molecular weight is 297 g/mol. The van der Waals surface area contributed by atoms with Gasteiger partial charge in [-0.05, 0) is 31.2 Å². The summed E-state index contributed by atoms with van der Waals surface area (Å²) in [5, 5.41) is 3.09. The second-order valence-electron chi connectivity index (χ2n) is 6.92. The highest BCUT2D eigenvalue weighted by Crippen LogP contribution is 2.30. The maximum absolute atomic E-state index is 12.3. The molecule has 0 bridgehead atoms. The van der Waals surface area contributed by atoms with Gasteiger partial charge < -0.3 is 15.8 Å². The fourth-order valence-electron chi connectivity index (χ4n) is 3.60. The van der Waals surface area contributed by atoms with Gasteiger partial charge in [-0.15, -0.1) is 0 Å². The average Bonchev–Trinajstić information content (AvgIpc) is 2.93. The summed E-state index contributed by atoms with van der Waals surface area (Å²) in [5.41, 5.74) is 5.75. The molecule has 21 heavy (non-hydrogen) atoms. The van der Waals surface area contributed by atoms with Crippen LogP contribution in [0.25, 0.3) is 0 Å². The van der Waals surface area contributed by atoms with Crippen LogP contribution in [0.15, 0.2) is 0 Å². The van der Waals surface area contributed by atoms with E-state index in [2.05, 4.69) is 24.1 Å². The maximum atomic E-state index is 12.3. The lowest BCUT2D eigenvalue weighted by atomic mass is 9.95. The normalized spacial score (nSPS) is 30.8. The first kappa shape index (κ1) is 16.7. The molecular weight excluding hydrogens is 266 g/mol. The number of nitrogens with zero attached hydrogens (tertiary/aromatic N) is 1. The number of nitrogens with one attached hydrogen (secondary N) is 1. The van der Waals surface area contributed by atoms with Gasteiger partial charge in [-0.2, -0.15) is 0 Å². The predicted octanol–water partition coefficient (Wildman–Crippen LogP) is 0.834. The van der Waals surface area contributed by atoms with E-state index in [0.29, 0.717) is 24.9 Å². The van der Waals surface area contributed by atoms with Gasteiger partial charge in [0, 0.05) is 32.1 Å². The molecule has 3 atom stereocenters. The fourth-order valence-corrected chi connectivity index (χ4v) is 3.60. The third-order valence-corrected chi connectivity index (χ3v) is 4.65. The van der Waals surface area contributed by atoms with Crippen molar-refractivity contribution in [1.29, 1.82) is 0 Å². The van der Waals surface area contributed by atoms with Crippen LogP contribution in [0, 0.1) is 17.8 Å². The van der Waals surface area contributed by atoms with Crippen molar-refractivity contribution >= 4 is 5.91 Å². The van der Waals surface area contributed by atoms with Gasteiger partial charge in [0.05, 0.1) is 12.7 Å². The lowest BCUT2D eigenvalue weighted by Crippen LogP contribution is -2.49. The number of rotatable bonds is 6. The Hall–Kier alpha value is -0.650. The van der Waals surface area contributed by atoms with Crippen molar-refractivity contribution in [3.8, 4) is 0 Å². The molecule has 1 aliphatic heterocycles. The van der Waals surface area contributed by atoms with E-state index in [4.69, 9.17) is 10.5 Å². The standard InChI is InChI=1S/C16H31N3O2/c1-12(2)10-19-6-7-21-14(11-19)9-18-16(20)15-5-3-4-13(15)8-17/h12-15H,3-11,17H2,1-2H3,(H,18,20)/t13-,14?,15-/m1/s1. The van der Waals surface area contributed by atoms with E-state index in [0.717, 1.165) is 45.5 Å². The van der Waals surface area contributed by atoms with Gasteiger partial charge >= 0.3 is 0 Å². The lowest BCUT2D eigenvalue weighted by Gasteiger charge is -2.34. The summed E-state index contributed by atoms with van der Waals surface area (Å²) in [5.74, 6) is 1.33. The topological polar surface area (TPSA) is 67.6 Å². The number of amides is 1. The molecule has 2 rings (SSSR count). The number of carbonyl (C=O) groups is 1. The molecule has 2 fully saturated rings. The number of nitrogens with two attached hydrogens (primary N) is 1. The summed E-state index contributed by atoms with van der Waals surface area (Å²) in [7, 11) is 0. The van der Waals surface area contributed by atoms with E-state index in [1.54, 1.807) is 0 Å². The van der Waals surface area contributed by atoms with Crippen molar-refractivity contribution in [1.82, 2.24) is 10.2 Å². The van der Waals surface area contributed by atoms with Crippen molar-refractivity contribution < 1.29 is 9.53 Å². The van der Waals surface area contributed by atoms with Gasteiger partial charge in [0.1, 0.15) is 0 Å². The highest BCUT2D eigenvalue weighted by Gasteiger charge is 2.32. The van der Waals surface area contributed by atoms with Crippen LogP contribution < -0.4 is 11.1 Å². The van der Waals surface area contributed by atoms with E-state index in [9.17, 15) is 4.79 Å². The zero-order valence-electron chi connectivity index (χ0n) is 13.5. The monoisotopic (exact) mass is 297 g/mol. The van der Waals surface area contributed by atoms with Crippen LogP contribution in [0.5, 0.6) is 0 Å². The van der Waals surface area contributed by atoms with Gasteiger partial charge in [-0.3, -0.25) is 9.69 Å². The Labute approximate surface area is 128 Å². The van der Waals surface area contributed by atoms with Crippen LogP contribution in [0.4, 0.5) is 0 Å². The molecule has 0 aromatic heterocycles. The highest BCUT2D eigenvalue weighted by molar-refractivity contribution is 5.79. The van der Waals surface area contributed by atoms with Gasteiger partial charge in [-0.1, -0.05) is 20.3 Å². The first-order valence-corrected chi connectivity index (χ1v) is 8.42. The van der Waals surface area contributed by atoms with Crippen LogP contribution in [0.2, 0.25) is 0 Å². The van der Waals surface area contributed by atoms with Crippen molar-refractivity contribution in [2.75, 3.05) is 39.3 Å². The molecule has 3 N–H and O–H groups in total. The van der Waals surface area contributed by atoms with E-state index in [1.165, 1.54) is 0 Å². The largest absolute Gasteiger partial charge is 0.374 e. The quantitative estimate of drug-likeness (QED) is 0.762. The Morgan fingerprint density at radius 1 is 1.43 bits per heavy atom. The Bertz CT molecular complexity index is 335. The fraction of sp³-hybridized carbons (Fsp3) is 0.938. The summed E-state index contributed by atoms with van der Waals surface area (Å²) >= 11 is 0. The molecular formula is C16H31N3O2. The van der Waals surface area contributed by atoms with Crippen LogP contribution >= 0.6 is 0 Å². The SMILES string of the molecule is CC(C)CN1CCOC(CNC(=O)[C@@H]2CCC[C@@H]2CN)C1. The second-order valence-corrected chi connectivity index (χ2v) is 6.92. The summed E-state index contributed by atoms with van der Waals surface area (Å²) in [6, 6.07) is 0. The number of carbonyl (C=O) groups excluding carboxylic acids is 1. The summed E-state index contributed by atoms with van der Waals surface area (Å²) in [4.78, 5) is 14.7. The van der Waals surface area contributed by atoms with E-state index >= 15 is 0 Å². The van der Waals surface area contributed by atoms with Crippen molar-refractivity contribution in [2.45, 2.75) is 39.2 Å². The Morgan fingerprint density at radius 2 is 2.24 bits per heavy atom. The van der Waals surface area contributed by atoms with Crippen LogP contribution in [0.1, 0.15) is 33.1 Å². The molecule has 1 saturated carbocycles. The minimum Gasteiger partial charge on any atom is -0.374 e. The Balaban J connectivity index is 1.73. The molecule has 1 amide bonds. The Kier molecular flexibility index (Phi) is 6.45. The predicted molar refractivity (Wildman–Crippen MR) is 83.9 cm³/mol. The van der Waals surface area contributed by atoms with Gasteiger partial charge in [0.25, 0.3) is 0 Å². The first-order valence-electron chi connectivity index (χ1n) is 8.42. The third-order valence-electron chi connectivity index (χ3n) is 4.65. The summed E-state index contributed by atoms with van der Waals surface area (Å²) in [6.07, 6.45) is 3.33. The van der Waals surface area contributed by atoms with E-state index in [1.807, 2.05) is 0 Å². The zero-order chi connectivity index (χ0) is 15.2. The summed E-state index contributed by atoms with van der Waals surface area (Å²) in [6.45, 7) is 9.51. The molecule has 5 nitrogen and oxygen atoms in total. The molecule has 0 aromatic carbocycles. The summed E-state index contributed by atoms with van der Waals surface area (Å²) < 4.78 is 5.77. The number of hydrogen-bond donors (Lipinski definition) is 2. The van der Waals surface area contributed by atoms with Gasteiger partial charge in [0.2, 0.25) is 5.91 Å². The number of ether oxygens (including phenoxy) is 1. The van der Waals surface area contributed by atoms with Crippen LogP contribution in [0.3, 0.4) is 0 Å². The molecule has 0 spiro atoms. The number of hydrogen-bond acceptors (Lipinski definition) is 4. The molecule has 0 radical (unpaired) electrons. The molecule has 1 saturated heterocycles. The second kappa shape index (κ2) is 8.11. The minimum atomic E-state index is 0.116.